The van der Waals surface area contributed by atoms with Gasteiger partial charge in [-0.2, -0.15) is 0 Å². The topological polar surface area (TPSA) is 71.8 Å². The zero-order chi connectivity index (χ0) is 16.8. The maximum Gasteiger partial charge on any atom is 0.336 e. The first kappa shape index (κ1) is 16.8. The molecule has 1 N–H and O–H groups in total. The zero-order valence-corrected chi connectivity index (χ0v) is 13.2. The fourth-order valence-electron chi connectivity index (χ4n) is 2.14. The van der Waals surface area contributed by atoms with Gasteiger partial charge >= 0.3 is 5.97 Å². The van der Waals surface area contributed by atoms with E-state index >= 15 is 0 Å². The normalized spacial score (nSPS) is 10.7. The molecule has 6 nitrogen and oxygen atoms in total. The SMILES string of the molecule is CN(C)CCOc1cccn(Cc2ccccc2C(=O)O)c1=O. The predicted molar refractivity (Wildman–Crippen MR) is 87.3 cm³/mol. The first-order chi connectivity index (χ1) is 11.0. The minimum atomic E-state index is -1.01. The van der Waals surface area contributed by atoms with Gasteiger partial charge < -0.3 is 19.3 Å². The van der Waals surface area contributed by atoms with Crippen molar-refractivity contribution in [1.29, 1.82) is 0 Å². The van der Waals surface area contributed by atoms with Crippen molar-refractivity contribution in [3.8, 4) is 5.75 Å². The van der Waals surface area contributed by atoms with Gasteiger partial charge in [-0.3, -0.25) is 4.79 Å². The lowest BCUT2D eigenvalue weighted by Gasteiger charge is -2.13. The Morgan fingerprint density at radius 1 is 1.22 bits per heavy atom. The minimum Gasteiger partial charge on any atom is -0.487 e. The molecule has 0 saturated carbocycles. The molecule has 0 amide bonds. The average molecular weight is 316 g/mol. The molecular weight excluding hydrogens is 296 g/mol. The van der Waals surface area contributed by atoms with Gasteiger partial charge in [-0.15, -0.1) is 0 Å². The number of ether oxygens (including phenoxy) is 1. The fourth-order valence-corrected chi connectivity index (χ4v) is 2.14. The van der Waals surface area contributed by atoms with Gasteiger partial charge in [0.1, 0.15) is 6.61 Å². The van der Waals surface area contributed by atoms with E-state index in [4.69, 9.17) is 4.74 Å². The summed E-state index contributed by atoms with van der Waals surface area (Å²) in [6, 6.07) is 9.99. The van der Waals surface area contributed by atoms with Crippen LogP contribution in [0.4, 0.5) is 0 Å². The van der Waals surface area contributed by atoms with Crippen molar-refractivity contribution >= 4 is 5.97 Å². The molecular formula is C17H20N2O4. The molecule has 23 heavy (non-hydrogen) atoms. The van der Waals surface area contributed by atoms with E-state index in [1.807, 2.05) is 19.0 Å². The van der Waals surface area contributed by atoms with Crippen LogP contribution >= 0.6 is 0 Å². The lowest BCUT2D eigenvalue weighted by Crippen LogP contribution is -2.25. The fraction of sp³-hybridized carbons (Fsp3) is 0.294. The van der Waals surface area contributed by atoms with E-state index in [1.165, 1.54) is 10.6 Å². The first-order valence-corrected chi connectivity index (χ1v) is 7.27. The number of hydrogen-bond acceptors (Lipinski definition) is 4. The van der Waals surface area contributed by atoms with Gasteiger partial charge in [-0.1, -0.05) is 18.2 Å². The highest BCUT2D eigenvalue weighted by Gasteiger charge is 2.11. The van der Waals surface area contributed by atoms with Crippen LogP contribution < -0.4 is 10.3 Å². The van der Waals surface area contributed by atoms with Crippen LogP contribution in [0.25, 0.3) is 0 Å². The first-order valence-electron chi connectivity index (χ1n) is 7.27. The van der Waals surface area contributed by atoms with Crippen molar-refractivity contribution in [1.82, 2.24) is 9.47 Å². The van der Waals surface area contributed by atoms with Crippen LogP contribution in [0.15, 0.2) is 47.4 Å². The highest BCUT2D eigenvalue weighted by Crippen LogP contribution is 2.11. The highest BCUT2D eigenvalue weighted by atomic mass is 16.5. The third-order valence-corrected chi connectivity index (χ3v) is 3.37. The second-order valence-corrected chi connectivity index (χ2v) is 5.42. The van der Waals surface area contributed by atoms with E-state index in [0.29, 0.717) is 18.7 Å². The number of hydrogen-bond donors (Lipinski definition) is 1. The van der Waals surface area contributed by atoms with Gasteiger partial charge in [-0.05, 0) is 37.9 Å². The molecule has 0 atom stereocenters. The highest BCUT2D eigenvalue weighted by molar-refractivity contribution is 5.89. The maximum atomic E-state index is 12.4. The molecule has 0 spiro atoms. The van der Waals surface area contributed by atoms with Gasteiger partial charge in [0, 0.05) is 12.7 Å². The molecule has 2 aromatic rings. The van der Waals surface area contributed by atoms with E-state index in [-0.39, 0.29) is 23.4 Å². The number of carbonyl (C=O) groups is 1. The summed E-state index contributed by atoms with van der Waals surface area (Å²) in [5.74, 6) is -0.741. The number of likely N-dealkylation sites (N-methyl/N-ethyl adjacent to an activating group) is 1. The second kappa shape index (κ2) is 7.60. The molecule has 1 aromatic carbocycles. The second-order valence-electron chi connectivity index (χ2n) is 5.42. The Balaban J connectivity index is 2.21. The summed E-state index contributed by atoms with van der Waals surface area (Å²) in [5, 5.41) is 9.22. The molecule has 6 heteroatoms. The molecule has 0 saturated heterocycles. The van der Waals surface area contributed by atoms with E-state index in [2.05, 4.69) is 0 Å². The lowest BCUT2D eigenvalue weighted by atomic mass is 10.1. The summed E-state index contributed by atoms with van der Waals surface area (Å²) < 4.78 is 6.96. The van der Waals surface area contributed by atoms with Crippen molar-refractivity contribution in [3.05, 3.63) is 64.1 Å². The number of carboxylic acids is 1. The largest absolute Gasteiger partial charge is 0.487 e. The van der Waals surface area contributed by atoms with Crippen molar-refractivity contribution in [2.75, 3.05) is 27.2 Å². The molecule has 0 bridgehead atoms. The molecule has 0 aliphatic rings. The average Bonchev–Trinajstić information content (AvgIpc) is 2.51. The summed E-state index contributed by atoms with van der Waals surface area (Å²) in [6.07, 6.45) is 1.62. The number of rotatable bonds is 7. The Bertz CT molecular complexity index is 737. The quantitative estimate of drug-likeness (QED) is 0.839. The van der Waals surface area contributed by atoms with Gasteiger partial charge in [-0.25, -0.2) is 4.79 Å². The molecule has 0 radical (unpaired) electrons. The van der Waals surface area contributed by atoms with Crippen molar-refractivity contribution in [2.45, 2.75) is 6.54 Å². The zero-order valence-electron chi connectivity index (χ0n) is 13.2. The molecule has 2 rings (SSSR count). The lowest BCUT2D eigenvalue weighted by molar-refractivity contribution is 0.0695. The standard InChI is InChI=1S/C17H20N2O4/c1-18(2)10-11-23-15-8-5-9-19(16(15)20)12-13-6-3-4-7-14(13)17(21)22/h3-9H,10-12H2,1-2H3,(H,21,22). The minimum absolute atomic E-state index is 0.187. The van der Waals surface area contributed by atoms with Gasteiger partial charge in [0.05, 0.1) is 12.1 Å². The molecule has 0 aliphatic carbocycles. The van der Waals surface area contributed by atoms with E-state index in [0.717, 1.165) is 0 Å². The molecule has 0 unspecified atom stereocenters. The van der Waals surface area contributed by atoms with Crippen LogP contribution in [-0.2, 0) is 6.54 Å². The van der Waals surface area contributed by atoms with Gasteiger partial charge in [0.15, 0.2) is 5.75 Å². The number of nitrogens with zero attached hydrogens (tertiary/aromatic N) is 2. The third kappa shape index (κ3) is 4.43. The van der Waals surface area contributed by atoms with Gasteiger partial charge in [0.2, 0.25) is 0 Å². The van der Waals surface area contributed by atoms with Crippen LogP contribution in [0.2, 0.25) is 0 Å². The summed E-state index contributed by atoms with van der Waals surface area (Å²) >= 11 is 0. The van der Waals surface area contributed by atoms with Crippen LogP contribution in [0, 0.1) is 0 Å². The Labute approximate surface area is 134 Å². The number of benzene rings is 1. The summed E-state index contributed by atoms with van der Waals surface area (Å²) in [5.41, 5.74) is 0.498. The Kier molecular flexibility index (Phi) is 5.54. The smallest absolute Gasteiger partial charge is 0.336 e. The predicted octanol–water partition coefficient (Wildman–Crippen LogP) is 1.54. The Morgan fingerprint density at radius 2 is 1.96 bits per heavy atom. The molecule has 0 aliphatic heterocycles. The van der Waals surface area contributed by atoms with Gasteiger partial charge in [0.25, 0.3) is 5.56 Å². The summed E-state index contributed by atoms with van der Waals surface area (Å²) in [6.45, 7) is 1.31. The van der Waals surface area contributed by atoms with Crippen molar-refractivity contribution in [3.63, 3.8) is 0 Å². The Hall–Kier alpha value is -2.60. The van der Waals surface area contributed by atoms with E-state index < -0.39 is 5.97 Å². The van der Waals surface area contributed by atoms with E-state index in [1.54, 1.807) is 36.5 Å². The third-order valence-electron chi connectivity index (χ3n) is 3.37. The molecule has 0 fully saturated rings. The number of carboxylic acid groups (broad SMARTS) is 1. The number of pyridine rings is 1. The summed E-state index contributed by atoms with van der Waals surface area (Å²) in [4.78, 5) is 25.6. The van der Waals surface area contributed by atoms with Crippen LogP contribution in [-0.4, -0.2) is 47.8 Å². The molecule has 122 valence electrons. The Morgan fingerprint density at radius 3 is 2.65 bits per heavy atom. The molecule has 1 heterocycles. The monoisotopic (exact) mass is 316 g/mol. The number of aromatic carboxylic acids is 1. The van der Waals surface area contributed by atoms with Crippen LogP contribution in [0.1, 0.15) is 15.9 Å². The van der Waals surface area contributed by atoms with E-state index in [9.17, 15) is 14.7 Å². The maximum absolute atomic E-state index is 12.4. The van der Waals surface area contributed by atoms with Crippen LogP contribution in [0.5, 0.6) is 5.75 Å². The number of aromatic nitrogens is 1. The van der Waals surface area contributed by atoms with Crippen molar-refractivity contribution < 1.29 is 14.6 Å². The summed E-state index contributed by atoms with van der Waals surface area (Å²) in [7, 11) is 3.85. The molecule has 1 aromatic heterocycles. The van der Waals surface area contributed by atoms with Crippen molar-refractivity contribution in [2.24, 2.45) is 0 Å². The van der Waals surface area contributed by atoms with Crippen LogP contribution in [0.3, 0.4) is 0 Å².